The van der Waals surface area contributed by atoms with Crippen molar-refractivity contribution in [3.63, 3.8) is 0 Å². The van der Waals surface area contributed by atoms with Gasteiger partial charge in [-0.15, -0.1) is 11.3 Å². The summed E-state index contributed by atoms with van der Waals surface area (Å²) in [5.74, 6) is 0. The molecule has 0 saturated carbocycles. The van der Waals surface area contributed by atoms with E-state index in [1.54, 1.807) is 0 Å². The quantitative estimate of drug-likeness (QED) is 0.147. The Morgan fingerprint density at radius 2 is 0.911 bits per heavy atom. The number of hydrogen-bond donors (Lipinski definition) is 0. The van der Waals surface area contributed by atoms with Crippen LogP contribution in [0.2, 0.25) is 0 Å². The van der Waals surface area contributed by atoms with Crippen LogP contribution in [0, 0.1) is 0 Å². The van der Waals surface area contributed by atoms with Gasteiger partial charge in [-0.25, -0.2) is 0 Å². The van der Waals surface area contributed by atoms with Gasteiger partial charge < -0.3 is 9.47 Å². The molecule has 2 heterocycles. The number of para-hydroxylation sites is 1. The summed E-state index contributed by atoms with van der Waals surface area (Å²) in [6.07, 6.45) is 0. The van der Waals surface area contributed by atoms with Crippen molar-refractivity contribution in [1.82, 2.24) is 4.57 Å². The van der Waals surface area contributed by atoms with Gasteiger partial charge in [0.2, 0.25) is 0 Å². The maximum atomic E-state index is 2.56. The Hall–Kier alpha value is -9.54. The molecule has 2 aromatic heterocycles. The van der Waals surface area contributed by atoms with Crippen LogP contribution < -0.4 is 4.90 Å². The Balaban J connectivity index is 0.921. The van der Waals surface area contributed by atoms with Crippen LogP contribution in [0.1, 0.15) is 47.2 Å². The summed E-state index contributed by atoms with van der Waals surface area (Å²) in [5, 5.41) is 5.06. The fraction of sp³-hybridized carbons (Fsp3) is 0.0526. The Kier molecular flexibility index (Phi) is 10.1. The minimum absolute atomic E-state index is 0.158. The van der Waals surface area contributed by atoms with Crippen molar-refractivity contribution in [3.05, 3.63) is 312 Å². The summed E-state index contributed by atoms with van der Waals surface area (Å²) in [5.41, 5.74) is 23.8. The second-order valence-electron chi connectivity index (χ2n) is 21.9. The van der Waals surface area contributed by atoms with Crippen LogP contribution in [0.3, 0.4) is 0 Å². The van der Waals surface area contributed by atoms with Crippen LogP contribution >= 0.6 is 11.3 Å². The summed E-state index contributed by atoms with van der Waals surface area (Å²) in [6, 6.07) is 105. The van der Waals surface area contributed by atoms with Crippen LogP contribution in [-0.4, -0.2) is 4.57 Å². The number of hydrogen-bond acceptors (Lipinski definition) is 2. The zero-order valence-corrected chi connectivity index (χ0v) is 44.7. The molecule has 0 radical (unpaired) electrons. The number of rotatable bonds is 8. The first-order valence-electron chi connectivity index (χ1n) is 27.5. The number of anilines is 3. The van der Waals surface area contributed by atoms with Gasteiger partial charge in [0.25, 0.3) is 0 Å². The van der Waals surface area contributed by atoms with Gasteiger partial charge in [0, 0.05) is 59.0 Å². The molecule has 14 aromatic rings. The lowest BCUT2D eigenvalue weighted by atomic mass is 9.67. The van der Waals surface area contributed by atoms with E-state index in [1.807, 2.05) is 11.3 Å². The first-order chi connectivity index (χ1) is 38.9. The predicted octanol–water partition coefficient (Wildman–Crippen LogP) is 20.6. The Bertz CT molecular complexity index is 4750. The zero-order chi connectivity index (χ0) is 52.4. The molecule has 0 amide bonds. The molecule has 1 atom stereocenters. The van der Waals surface area contributed by atoms with E-state index in [0.29, 0.717) is 0 Å². The molecule has 0 saturated heterocycles. The summed E-state index contributed by atoms with van der Waals surface area (Å²) < 4.78 is 5.19. The fourth-order valence-electron chi connectivity index (χ4n) is 13.9. The molecule has 0 N–H and O–H groups in total. The third-order valence-corrected chi connectivity index (χ3v) is 18.7. The topological polar surface area (TPSA) is 8.17 Å². The minimum Gasteiger partial charge on any atom is -0.310 e. The predicted molar refractivity (Wildman–Crippen MR) is 334 cm³/mol. The normalized spacial score (nSPS) is 14.9. The molecule has 372 valence electrons. The van der Waals surface area contributed by atoms with E-state index in [9.17, 15) is 0 Å². The van der Waals surface area contributed by atoms with E-state index in [2.05, 4.69) is 302 Å². The molecule has 12 aromatic carbocycles. The van der Waals surface area contributed by atoms with E-state index in [-0.39, 0.29) is 5.41 Å². The summed E-state index contributed by atoms with van der Waals surface area (Å²) in [4.78, 5) is 2.47. The molecule has 0 fully saturated rings. The fourth-order valence-corrected chi connectivity index (χ4v) is 15.2. The number of fused-ring (bicyclic) bond motifs is 12. The van der Waals surface area contributed by atoms with E-state index in [4.69, 9.17) is 0 Å². The van der Waals surface area contributed by atoms with Gasteiger partial charge in [-0.2, -0.15) is 0 Å². The van der Waals surface area contributed by atoms with Crippen LogP contribution in [0.4, 0.5) is 17.1 Å². The standard InChI is InChI=1S/C76H52N2S/c1-75(2)65-32-13-9-26-58(65)59-44-42-55(47-68(59)75)77(54-40-38-50(39-41-54)49-20-5-3-6-21-49)56-43-45-61-60-27-11-15-35-69(60)78(71(61)48-56)70-36-19-34-67-73(70)64-29-10-14-33-66(64)76(67,52-23-7-4-8-24-52)53-25-17-22-51(46-53)57-30-18-31-63-62-28-12-16-37-72(62)79-74(57)63/h3-48H,1-2H3. The average molecular weight is 1030 g/mol. The van der Waals surface area contributed by atoms with Crippen LogP contribution in [0.5, 0.6) is 0 Å². The van der Waals surface area contributed by atoms with Crippen molar-refractivity contribution in [2.24, 2.45) is 0 Å². The van der Waals surface area contributed by atoms with Gasteiger partial charge in [0.05, 0.1) is 22.1 Å². The highest BCUT2D eigenvalue weighted by Crippen LogP contribution is 2.59. The molecule has 1 unspecified atom stereocenters. The Morgan fingerprint density at radius 3 is 1.76 bits per heavy atom. The first kappa shape index (κ1) is 45.6. The van der Waals surface area contributed by atoms with Gasteiger partial charge in [-0.1, -0.05) is 232 Å². The Morgan fingerprint density at radius 1 is 0.342 bits per heavy atom. The SMILES string of the molecule is CC1(C)c2ccccc2-c2ccc(N(c3ccc(-c4ccccc4)cc3)c3ccc4c5ccccc5n(-c5cccc6c5-c5ccccc5C6(c5ccccc5)c5cccc(-c6cccc7c6sc6ccccc67)c5)c4c3)cc21. The monoisotopic (exact) mass is 1020 g/mol. The molecular formula is C76H52N2S. The highest BCUT2D eigenvalue weighted by molar-refractivity contribution is 7.26. The van der Waals surface area contributed by atoms with Crippen LogP contribution in [0.15, 0.2) is 279 Å². The maximum absolute atomic E-state index is 2.56. The van der Waals surface area contributed by atoms with Crippen LogP contribution in [0.25, 0.3) is 92.2 Å². The molecule has 2 aliphatic rings. The number of nitrogens with zero attached hydrogens (tertiary/aromatic N) is 2. The summed E-state index contributed by atoms with van der Waals surface area (Å²) in [7, 11) is 0. The molecular weight excluding hydrogens is 973 g/mol. The number of aromatic nitrogens is 1. The zero-order valence-electron chi connectivity index (χ0n) is 43.9. The lowest BCUT2D eigenvalue weighted by Crippen LogP contribution is -2.28. The van der Waals surface area contributed by atoms with Crippen molar-refractivity contribution < 1.29 is 0 Å². The van der Waals surface area contributed by atoms with Crippen molar-refractivity contribution in [3.8, 4) is 50.2 Å². The molecule has 2 aliphatic carbocycles. The second-order valence-corrected chi connectivity index (χ2v) is 23.0. The first-order valence-corrected chi connectivity index (χ1v) is 28.3. The Labute approximate surface area is 464 Å². The molecule has 0 aliphatic heterocycles. The average Bonchev–Trinajstić information content (AvgIpc) is 4.38. The lowest BCUT2D eigenvalue weighted by molar-refractivity contribution is 0.660. The number of thiophene rings is 1. The van der Waals surface area contributed by atoms with Crippen molar-refractivity contribution in [2.45, 2.75) is 24.7 Å². The second kappa shape index (κ2) is 17.5. The van der Waals surface area contributed by atoms with Gasteiger partial charge in [-0.05, 0) is 133 Å². The van der Waals surface area contributed by atoms with Gasteiger partial charge in [-0.3, -0.25) is 0 Å². The van der Waals surface area contributed by atoms with Gasteiger partial charge >= 0.3 is 0 Å². The highest BCUT2D eigenvalue weighted by atomic mass is 32.1. The molecule has 3 heteroatoms. The lowest BCUT2D eigenvalue weighted by Gasteiger charge is -2.34. The summed E-state index contributed by atoms with van der Waals surface area (Å²) >= 11 is 1.89. The van der Waals surface area contributed by atoms with Crippen molar-refractivity contribution in [1.29, 1.82) is 0 Å². The van der Waals surface area contributed by atoms with Gasteiger partial charge in [0.15, 0.2) is 0 Å². The third kappa shape index (κ3) is 6.70. The molecule has 0 bridgehead atoms. The molecule has 0 spiro atoms. The molecule has 16 rings (SSSR count). The molecule has 79 heavy (non-hydrogen) atoms. The number of benzene rings is 12. The van der Waals surface area contributed by atoms with E-state index in [0.717, 1.165) is 28.3 Å². The maximum Gasteiger partial charge on any atom is 0.0714 e. The molecule has 2 nitrogen and oxygen atoms in total. The minimum atomic E-state index is -0.624. The van der Waals surface area contributed by atoms with Crippen molar-refractivity contribution >= 4 is 70.4 Å². The van der Waals surface area contributed by atoms with E-state index in [1.165, 1.54) is 114 Å². The van der Waals surface area contributed by atoms with Crippen LogP contribution in [-0.2, 0) is 10.8 Å². The third-order valence-electron chi connectivity index (χ3n) is 17.5. The largest absolute Gasteiger partial charge is 0.310 e. The highest BCUT2D eigenvalue weighted by Gasteiger charge is 2.47. The summed E-state index contributed by atoms with van der Waals surface area (Å²) in [6.45, 7) is 4.75. The van der Waals surface area contributed by atoms with E-state index >= 15 is 0 Å². The van der Waals surface area contributed by atoms with Crippen molar-refractivity contribution in [2.75, 3.05) is 4.90 Å². The van der Waals surface area contributed by atoms with Gasteiger partial charge in [0.1, 0.15) is 0 Å². The smallest absolute Gasteiger partial charge is 0.0714 e. The van der Waals surface area contributed by atoms with E-state index < -0.39 is 5.41 Å².